The van der Waals surface area contributed by atoms with Crippen LogP contribution in [0.25, 0.3) is 0 Å². The Morgan fingerprint density at radius 2 is 1.36 bits per heavy atom. The number of thioether (sulfide) groups is 1. The van der Waals surface area contributed by atoms with Crippen LogP contribution in [0, 0.1) is 46.3 Å². The van der Waals surface area contributed by atoms with Crippen molar-refractivity contribution in [3.05, 3.63) is 11.6 Å². The Balaban J connectivity index is 0.807. The van der Waals surface area contributed by atoms with E-state index < -0.39 is 43.2 Å². The summed E-state index contributed by atoms with van der Waals surface area (Å²) in [5.74, 6) is 5.62. The zero-order chi connectivity index (χ0) is 46.2. The molecule has 3 saturated carbocycles. The summed E-state index contributed by atoms with van der Waals surface area (Å²) in [6.45, 7) is 13.1. The van der Waals surface area contributed by atoms with E-state index >= 15 is 0 Å². The molecule has 374 valence electrons. The molecule has 0 aromatic carbocycles. The second kappa shape index (κ2) is 27.5. The van der Waals surface area contributed by atoms with E-state index in [1.165, 1.54) is 69.5 Å². The molecule has 5 N–H and O–H groups in total. The quantitative estimate of drug-likeness (QED) is 0.0297. The Morgan fingerprint density at radius 3 is 1.98 bits per heavy atom. The van der Waals surface area contributed by atoms with Crippen LogP contribution in [0.3, 0.4) is 0 Å². The molecule has 17 heteroatoms. The van der Waals surface area contributed by atoms with Crippen LogP contribution in [0.2, 0.25) is 0 Å². The topological polar surface area (TPSA) is 184 Å². The van der Waals surface area contributed by atoms with E-state index in [4.69, 9.17) is 54.0 Å². The van der Waals surface area contributed by atoms with Crippen LogP contribution in [0.15, 0.2) is 11.6 Å². The summed E-state index contributed by atoms with van der Waals surface area (Å²) in [6, 6.07) is 0. The summed E-state index contributed by atoms with van der Waals surface area (Å²) < 4.78 is 50.3. The summed E-state index contributed by atoms with van der Waals surface area (Å²) in [4.78, 5) is 10.2. The van der Waals surface area contributed by atoms with E-state index in [2.05, 4.69) is 40.7 Å². The van der Waals surface area contributed by atoms with Gasteiger partial charge >= 0.3 is 6.72 Å². The first-order valence-electron chi connectivity index (χ1n) is 24.4. The third-order valence-electron chi connectivity index (χ3n) is 15.3. The minimum absolute atomic E-state index is 0.0572. The van der Waals surface area contributed by atoms with Crippen LogP contribution >= 0.6 is 18.5 Å². The second-order valence-electron chi connectivity index (χ2n) is 19.8. The fraction of sp³-hybridized carbons (Fsp3) is 0.957. The summed E-state index contributed by atoms with van der Waals surface area (Å²) in [6.07, 6.45) is 12.6. The highest BCUT2D eigenvalue weighted by Crippen LogP contribution is 2.67. The number of aliphatic hydroxyl groups is 4. The number of hydrogen-bond donors (Lipinski definition) is 5. The lowest BCUT2D eigenvalue weighted by Crippen LogP contribution is -2.57. The second-order valence-corrected chi connectivity index (χ2v) is 23.8. The molecular weight excluding hydrogens is 884 g/mol. The molecule has 1 aliphatic heterocycles. The van der Waals surface area contributed by atoms with E-state index in [1.807, 2.05) is 0 Å². The average molecular weight is 969 g/mol. The molecule has 64 heavy (non-hydrogen) atoms. The Kier molecular flexibility index (Phi) is 23.7. The SMILES string of the molecule is CC(C)CCC[C@@H](C)[C@H]1CC[C@H]2[C@@H]3CC=C4C[C@@H](OCCOCCOCCOCCOP(O)(=S)OCCOCCOCCS[C@@H]5O[C@H](CO)[C@H](O)[C@H](O)[C@H]5O)CC[C@]4(C)[C@H]3CC[C@]12C. The Labute approximate surface area is 393 Å². The number of ether oxygens (including phenoxy) is 7. The predicted octanol–water partition coefficient (Wildman–Crippen LogP) is 6.28. The number of rotatable bonds is 31. The molecule has 1 heterocycles. The Bertz CT molecular complexity index is 1410. The van der Waals surface area contributed by atoms with Gasteiger partial charge in [0, 0.05) is 5.75 Å². The standard InChI is InChI=1S/C47H85O14PS2/c1-33(2)7-6-8-34(3)38-11-12-39-37-10-9-35-31-36(13-15-46(35,4)40(37)14-16-47(38,39)5)58-26-23-54-19-17-53-18-20-55-24-27-59-62(52,63)60-28-25-56-21-22-57-29-30-64-45-44(51)43(50)42(49)41(32-48)61-45/h9,33-34,36-45,48-51H,6-8,10-32H2,1-5H3,(H,52,63)/t34-,36+,37+,38-,39+,40+,41-,42+,43+,44-,45+,46+,47-,62?/m1/s1. The van der Waals surface area contributed by atoms with Crippen molar-refractivity contribution in [1.29, 1.82) is 0 Å². The molecule has 0 spiro atoms. The molecule has 0 aromatic heterocycles. The van der Waals surface area contributed by atoms with Crippen LogP contribution in [-0.4, -0.2) is 160 Å². The van der Waals surface area contributed by atoms with Gasteiger partial charge in [0.15, 0.2) is 0 Å². The fourth-order valence-corrected chi connectivity index (χ4v) is 14.0. The minimum Gasteiger partial charge on any atom is -0.394 e. The molecule has 4 fully saturated rings. The highest BCUT2D eigenvalue weighted by Gasteiger charge is 2.59. The molecule has 0 bridgehead atoms. The first-order valence-corrected chi connectivity index (χ1v) is 28.1. The molecule has 1 saturated heterocycles. The Hall–Kier alpha value is 0.180. The van der Waals surface area contributed by atoms with Gasteiger partial charge in [-0.25, -0.2) is 0 Å². The highest BCUT2D eigenvalue weighted by atomic mass is 32.5. The maximum Gasteiger partial charge on any atom is 0.324 e. The van der Waals surface area contributed by atoms with E-state index in [9.17, 15) is 25.3 Å². The molecular formula is C47H85O14PS2. The van der Waals surface area contributed by atoms with Gasteiger partial charge in [0.05, 0.1) is 98.6 Å². The first-order chi connectivity index (χ1) is 30.7. The zero-order valence-electron chi connectivity index (χ0n) is 39.6. The lowest BCUT2D eigenvalue weighted by molar-refractivity contribution is -0.205. The zero-order valence-corrected chi connectivity index (χ0v) is 42.1. The van der Waals surface area contributed by atoms with Crippen LogP contribution < -0.4 is 0 Å². The Morgan fingerprint density at radius 1 is 0.750 bits per heavy atom. The maximum atomic E-state index is 10.2. The summed E-state index contributed by atoms with van der Waals surface area (Å²) in [7, 11) is 0. The van der Waals surface area contributed by atoms with Gasteiger partial charge in [-0.05, 0) is 110 Å². The fourth-order valence-electron chi connectivity index (χ4n) is 11.8. The van der Waals surface area contributed by atoms with Crippen molar-refractivity contribution in [2.75, 3.05) is 98.2 Å². The van der Waals surface area contributed by atoms with Gasteiger partial charge in [-0.15, -0.1) is 11.8 Å². The van der Waals surface area contributed by atoms with Gasteiger partial charge in [0.2, 0.25) is 0 Å². The normalized spacial score (nSPS) is 35.4. The van der Waals surface area contributed by atoms with Crippen molar-refractivity contribution in [3.63, 3.8) is 0 Å². The molecule has 4 aliphatic carbocycles. The monoisotopic (exact) mass is 969 g/mol. The average Bonchev–Trinajstić information content (AvgIpc) is 3.63. The lowest BCUT2D eigenvalue weighted by atomic mass is 9.47. The molecule has 0 amide bonds. The highest BCUT2D eigenvalue weighted by molar-refractivity contribution is 8.07. The molecule has 14 nitrogen and oxygen atoms in total. The summed E-state index contributed by atoms with van der Waals surface area (Å²) in [5, 5.41) is 39.1. The van der Waals surface area contributed by atoms with Crippen molar-refractivity contribution in [3.8, 4) is 0 Å². The van der Waals surface area contributed by atoms with E-state index in [-0.39, 0.29) is 39.1 Å². The summed E-state index contributed by atoms with van der Waals surface area (Å²) >= 11 is 6.26. The van der Waals surface area contributed by atoms with E-state index in [0.717, 1.165) is 48.3 Å². The molecule has 5 rings (SSSR count). The molecule has 0 aromatic rings. The minimum atomic E-state index is -3.42. The van der Waals surface area contributed by atoms with Gasteiger partial charge in [0.1, 0.15) is 29.9 Å². The van der Waals surface area contributed by atoms with Gasteiger partial charge in [-0.3, -0.25) is 0 Å². The van der Waals surface area contributed by atoms with Crippen LogP contribution in [0.4, 0.5) is 0 Å². The smallest absolute Gasteiger partial charge is 0.324 e. The van der Waals surface area contributed by atoms with Gasteiger partial charge in [-0.1, -0.05) is 65.5 Å². The third-order valence-corrected chi connectivity index (χ3v) is 18.1. The van der Waals surface area contributed by atoms with Crippen LogP contribution in [0.1, 0.15) is 105 Å². The largest absolute Gasteiger partial charge is 0.394 e. The van der Waals surface area contributed by atoms with Gasteiger partial charge < -0.3 is 67.5 Å². The molecule has 14 atom stereocenters. The number of aliphatic hydroxyl groups excluding tert-OH is 4. The van der Waals surface area contributed by atoms with Crippen molar-refractivity contribution >= 4 is 30.3 Å². The number of fused-ring (bicyclic) bond motifs is 5. The number of hydrogen-bond acceptors (Lipinski definition) is 15. The first kappa shape index (κ1) is 55.1. The van der Waals surface area contributed by atoms with Crippen LogP contribution in [0.5, 0.6) is 0 Å². The summed E-state index contributed by atoms with van der Waals surface area (Å²) in [5.41, 5.74) is 1.76. The molecule has 0 radical (unpaired) electrons. The maximum absolute atomic E-state index is 10.2. The predicted molar refractivity (Wildman–Crippen MR) is 252 cm³/mol. The molecule has 1 unspecified atom stereocenters. The van der Waals surface area contributed by atoms with Crippen LogP contribution in [-0.2, 0) is 54.0 Å². The van der Waals surface area contributed by atoms with Crippen molar-refractivity contribution in [2.45, 2.75) is 141 Å². The van der Waals surface area contributed by atoms with Crippen molar-refractivity contribution in [2.24, 2.45) is 46.3 Å². The molecule has 5 aliphatic rings. The van der Waals surface area contributed by atoms with Crippen molar-refractivity contribution in [1.82, 2.24) is 0 Å². The van der Waals surface area contributed by atoms with E-state index in [0.29, 0.717) is 69.4 Å². The van der Waals surface area contributed by atoms with Crippen molar-refractivity contribution < 1.29 is 67.5 Å². The van der Waals surface area contributed by atoms with E-state index in [1.54, 1.807) is 5.57 Å². The lowest BCUT2D eigenvalue weighted by Gasteiger charge is -2.58. The van der Waals surface area contributed by atoms with Gasteiger partial charge in [-0.2, -0.15) is 0 Å². The third kappa shape index (κ3) is 15.8. The van der Waals surface area contributed by atoms with Gasteiger partial charge in [0.25, 0.3) is 0 Å². The number of allylic oxidation sites excluding steroid dienone is 1.